The van der Waals surface area contributed by atoms with Crippen LogP contribution in [0.2, 0.25) is 0 Å². The van der Waals surface area contributed by atoms with Gasteiger partial charge in [-0.15, -0.1) is 11.3 Å². The monoisotopic (exact) mass is 173 g/mol. The van der Waals surface area contributed by atoms with Gasteiger partial charge in [-0.1, -0.05) is 0 Å². The van der Waals surface area contributed by atoms with Gasteiger partial charge in [-0.3, -0.25) is 0 Å². The predicted molar refractivity (Wildman–Crippen MR) is 50.4 cm³/mol. The molecular weight excluding hydrogens is 168 g/mol. The van der Waals surface area contributed by atoms with Crippen molar-refractivity contribution < 1.29 is 4.42 Å². The summed E-state index contributed by atoms with van der Waals surface area (Å²) in [5.41, 5.74) is 0.918. The van der Waals surface area contributed by atoms with E-state index in [9.17, 15) is 0 Å². The molecule has 0 aliphatic carbocycles. The van der Waals surface area contributed by atoms with Gasteiger partial charge in [-0.2, -0.15) is 0 Å². The SMILES string of the molecule is [c]1cc2cc3sccc3cc2o1. The number of rotatable bonds is 0. The summed E-state index contributed by atoms with van der Waals surface area (Å²) in [7, 11) is 0. The van der Waals surface area contributed by atoms with Crippen molar-refractivity contribution in [2.45, 2.75) is 0 Å². The molecule has 0 atom stereocenters. The molecule has 1 nitrogen and oxygen atoms in total. The molecule has 3 aromatic rings. The van der Waals surface area contributed by atoms with Crippen molar-refractivity contribution in [3.63, 3.8) is 0 Å². The summed E-state index contributed by atoms with van der Waals surface area (Å²) < 4.78 is 6.48. The molecule has 1 radical (unpaired) electrons. The highest BCUT2D eigenvalue weighted by molar-refractivity contribution is 7.17. The summed E-state index contributed by atoms with van der Waals surface area (Å²) in [6.07, 6.45) is 2.73. The van der Waals surface area contributed by atoms with E-state index >= 15 is 0 Å². The number of furan rings is 1. The molecule has 2 heteroatoms. The van der Waals surface area contributed by atoms with Gasteiger partial charge in [0.05, 0.1) is 0 Å². The van der Waals surface area contributed by atoms with Crippen LogP contribution in [0.4, 0.5) is 0 Å². The minimum Gasteiger partial charge on any atom is -0.453 e. The Morgan fingerprint density at radius 3 is 3.25 bits per heavy atom. The standard InChI is InChI=1S/C10H5OS/c1-3-11-9-5-8-2-4-12-10(8)6-7(1)9/h1-2,4-6H. The maximum Gasteiger partial charge on any atom is 0.170 e. The van der Waals surface area contributed by atoms with Crippen molar-refractivity contribution >= 4 is 32.4 Å². The summed E-state index contributed by atoms with van der Waals surface area (Å²) in [4.78, 5) is 0. The highest BCUT2D eigenvalue weighted by atomic mass is 32.1. The molecule has 57 valence electrons. The maximum absolute atomic E-state index is 5.18. The van der Waals surface area contributed by atoms with Gasteiger partial charge in [-0.25, -0.2) is 0 Å². The topological polar surface area (TPSA) is 13.1 Å². The molecule has 0 aliphatic heterocycles. The van der Waals surface area contributed by atoms with E-state index in [2.05, 4.69) is 29.8 Å². The Labute approximate surface area is 73.2 Å². The maximum atomic E-state index is 5.18. The van der Waals surface area contributed by atoms with E-state index in [4.69, 9.17) is 4.42 Å². The van der Waals surface area contributed by atoms with Gasteiger partial charge in [-0.05, 0) is 35.0 Å². The van der Waals surface area contributed by atoms with Crippen LogP contribution in [0, 0.1) is 6.26 Å². The molecular formula is C10H5OS. The number of fused-ring (bicyclic) bond motifs is 2. The highest BCUT2D eigenvalue weighted by Crippen LogP contribution is 2.26. The van der Waals surface area contributed by atoms with Gasteiger partial charge in [0.1, 0.15) is 5.58 Å². The first-order valence-electron chi connectivity index (χ1n) is 3.70. The second kappa shape index (κ2) is 2.11. The molecule has 0 aliphatic rings. The van der Waals surface area contributed by atoms with E-state index in [1.807, 2.05) is 6.07 Å². The van der Waals surface area contributed by atoms with Crippen molar-refractivity contribution in [2.24, 2.45) is 0 Å². The lowest BCUT2D eigenvalue weighted by atomic mass is 10.2. The third-order valence-corrected chi connectivity index (χ3v) is 2.85. The Kier molecular flexibility index (Phi) is 1.10. The van der Waals surface area contributed by atoms with Crippen molar-refractivity contribution in [1.29, 1.82) is 0 Å². The van der Waals surface area contributed by atoms with Crippen molar-refractivity contribution in [3.8, 4) is 0 Å². The summed E-state index contributed by atoms with van der Waals surface area (Å²) in [6, 6.07) is 8.16. The first-order valence-corrected chi connectivity index (χ1v) is 4.58. The van der Waals surface area contributed by atoms with Gasteiger partial charge in [0.25, 0.3) is 0 Å². The molecule has 0 amide bonds. The quantitative estimate of drug-likeness (QED) is 0.507. The Hall–Kier alpha value is -1.28. The molecule has 3 rings (SSSR count). The van der Waals surface area contributed by atoms with Gasteiger partial charge >= 0.3 is 0 Å². The minimum absolute atomic E-state index is 0.918. The van der Waals surface area contributed by atoms with Crippen molar-refractivity contribution in [2.75, 3.05) is 0 Å². The molecule has 0 spiro atoms. The van der Waals surface area contributed by atoms with Crippen LogP contribution in [-0.4, -0.2) is 0 Å². The minimum atomic E-state index is 0.918. The molecule has 2 aromatic heterocycles. The smallest absolute Gasteiger partial charge is 0.170 e. The van der Waals surface area contributed by atoms with E-state index < -0.39 is 0 Å². The van der Waals surface area contributed by atoms with Crippen LogP contribution >= 0.6 is 11.3 Å². The number of hydrogen-bond acceptors (Lipinski definition) is 2. The zero-order valence-electron chi connectivity index (χ0n) is 6.20. The number of hydrogen-bond donors (Lipinski definition) is 0. The van der Waals surface area contributed by atoms with Crippen LogP contribution in [0.15, 0.2) is 34.1 Å². The normalized spacial score (nSPS) is 11.3. The zero-order valence-corrected chi connectivity index (χ0v) is 7.02. The molecule has 0 fully saturated rings. The Bertz CT molecular complexity index is 442. The zero-order chi connectivity index (χ0) is 7.97. The lowest BCUT2D eigenvalue weighted by Crippen LogP contribution is -1.62. The van der Waals surface area contributed by atoms with Crippen LogP contribution < -0.4 is 0 Å². The first kappa shape index (κ1) is 6.26. The van der Waals surface area contributed by atoms with E-state index in [-0.39, 0.29) is 0 Å². The highest BCUT2D eigenvalue weighted by Gasteiger charge is 2.00. The molecule has 0 unspecified atom stereocenters. The lowest BCUT2D eigenvalue weighted by molar-refractivity contribution is 0.606. The largest absolute Gasteiger partial charge is 0.453 e. The molecule has 0 bridgehead atoms. The fourth-order valence-corrected chi connectivity index (χ4v) is 2.18. The lowest BCUT2D eigenvalue weighted by Gasteiger charge is -1.88. The van der Waals surface area contributed by atoms with Crippen LogP contribution in [0.3, 0.4) is 0 Å². The fourth-order valence-electron chi connectivity index (χ4n) is 1.36. The van der Waals surface area contributed by atoms with Crippen LogP contribution in [0.1, 0.15) is 0 Å². The molecule has 0 saturated heterocycles. The fraction of sp³-hybridized carbons (Fsp3) is 0. The second-order valence-corrected chi connectivity index (χ2v) is 3.66. The van der Waals surface area contributed by atoms with Gasteiger partial charge in [0.2, 0.25) is 0 Å². The number of thiophene rings is 1. The Morgan fingerprint density at radius 2 is 2.25 bits per heavy atom. The average molecular weight is 173 g/mol. The second-order valence-electron chi connectivity index (χ2n) is 2.71. The predicted octanol–water partition coefficient (Wildman–Crippen LogP) is 3.45. The van der Waals surface area contributed by atoms with E-state index in [0.29, 0.717) is 0 Å². The molecule has 2 heterocycles. The molecule has 0 N–H and O–H groups in total. The summed E-state index contributed by atoms with van der Waals surface area (Å²) in [6.45, 7) is 0. The molecule has 1 aromatic carbocycles. The van der Waals surface area contributed by atoms with E-state index in [1.165, 1.54) is 10.1 Å². The number of benzene rings is 1. The summed E-state index contributed by atoms with van der Waals surface area (Å²) >= 11 is 1.75. The third kappa shape index (κ3) is 0.728. The summed E-state index contributed by atoms with van der Waals surface area (Å²) in [5.74, 6) is 0. The average Bonchev–Trinajstić information content (AvgIpc) is 2.64. The van der Waals surface area contributed by atoms with Crippen LogP contribution in [0.25, 0.3) is 21.1 Å². The molecule has 12 heavy (non-hydrogen) atoms. The first-order chi connectivity index (χ1) is 5.93. The molecule has 0 saturated carbocycles. The van der Waals surface area contributed by atoms with Gasteiger partial charge in [0, 0.05) is 10.1 Å². The van der Waals surface area contributed by atoms with Gasteiger partial charge in [0.15, 0.2) is 6.26 Å². The summed E-state index contributed by atoms with van der Waals surface area (Å²) in [5, 5.41) is 4.47. The van der Waals surface area contributed by atoms with Gasteiger partial charge < -0.3 is 4.42 Å². The Morgan fingerprint density at radius 1 is 1.25 bits per heavy atom. The van der Waals surface area contributed by atoms with E-state index in [0.717, 1.165) is 11.0 Å². The van der Waals surface area contributed by atoms with Crippen molar-refractivity contribution in [1.82, 2.24) is 0 Å². The van der Waals surface area contributed by atoms with Crippen LogP contribution in [-0.2, 0) is 0 Å². The third-order valence-electron chi connectivity index (χ3n) is 1.97. The van der Waals surface area contributed by atoms with E-state index in [1.54, 1.807) is 11.3 Å². The van der Waals surface area contributed by atoms with Crippen molar-refractivity contribution in [3.05, 3.63) is 35.9 Å². The Balaban J connectivity index is 2.62. The van der Waals surface area contributed by atoms with Crippen LogP contribution in [0.5, 0.6) is 0 Å².